The van der Waals surface area contributed by atoms with Crippen molar-refractivity contribution in [3.63, 3.8) is 0 Å². The van der Waals surface area contributed by atoms with Gasteiger partial charge in [-0.15, -0.1) is 0 Å². The molecule has 4 nitrogen and oxygen atoms in total. The molecule has 2 aliphatic rings. The smallest absolute Gasteiger partial charge is 0.204 e. The number of carbonyl (C=O) groups excluding carboxylic acids is 1. The highest BCUT2D eigenvalue weighted by atomic mass is 16.3. The van der Waals surface area contributed by atoms with E-state index in [0.717, 1.165) is 18.7 Å². The lowest BCUT2D eigenvalue weighted by Gasteiger charge is -2.15. The van der Waals surface area contributed by atoms with Gasteiger partial charge in [-0.25, -0.2) is 0 Å². The SMILES string of the molecule is O=C1CC(CCN2CCCC2)=NC=C1O. The Morgan fingerprint density at radius 2 is 2.13 bits per heavy atom. The summed E-state index contributed by atoms with van der Waals surface area (Å²) in [5.41, 5.74) is 0.893. The second kappa shape index (κ2) is 4.57. The van der Waals surface area contributed by atoms with Crippen LogP contribution < -0.4 is 0 Å². The van der Waals surface area contributed by atoms with Crippen LogP contribution in [0.1, 0.15) is 25.7 Å². The maximum absolute atomic E-state index is 11.2. The van der Waals surface area contributed by atoms with E-state index < -0.39 is 0 Å². The van der Waals surface area contributed by atoms with Crippen LogP contribution >= 0.6 is 0 Å². The first-order chi connectivity index (χ1) is 7.25. The van der Waals surface area contributed by atoms with Crippen molar-refractivity contribution in [3.8, 4) is 0 Å². The molecule has 0 spiro atoms. The molecule has 0 saturated carbocycles. The Balaban J connectivity index is 1.82. The maximum atomic E-state index is 11.2. The van der Waals surface area contributed by atoms with Gasteiger partial charge in [0.05, 0.1) is 12.6 Å². The van der Waals surface area contributed by atoms with E-state index in [-0.39, 0.29) is 18.0 Å². The van der Waals surface area contributed by atoms with Crippen molar-refractivity contribution >= 4 is 11.5 Å². The number of nitrogens with zero attached hydrogens (tertiary/aromatic N) is 2. The van der Waals surface area contributed by atoms with Gasteiger partial charge in [0.15, 0.2) is 5.76 Å². The van der Waals surface area contributed by atoms with Crippen molar-refractivity contribution in [2.24, 2.45) is 4.99 Å². The summed E-state index contributed by atoms with van der Waals surface area (Å²) in [5, 5.41) is 9.07. The number of Topliss-reactive ketones (excluding diaryl/α,β-unsaturated/α-hetero) is 1. The summed E-state index contributed by atoms with van der Waals surface area (Å²) in [6.07, 6.45) is 4.97. The number of likely N-dealkylation sites (tertiary alicyclic amines) is 1. The summed E-state index contributed by atoms with van der Waals surface area (Å²) in [6, 6.07) is 0. The molecular formula is C11H16N2O2. The lowest BCUT2D eigenvalue weighted by Crippen LogP contribution is -2.24. The zero-order chi connectivity index (χ0) is 10.7. The average molecular weight is 208 g/mol. The first-order valence-corrected chi connectivity index (χ1v) is 5.46. The van der Waals surface area contributed by atoms with E-state index in [0.29, 0.717) is 0 Å². The van der Waals surface area contributed by atoms with Crippen LogP contribution in [0, 0.1) is 0 Å². The second-order valence-electron chi connectivity index (χ2n) is 4.11. The van der Waals surface area contributed by atoms with E-state index in [4.69, 9.17) is 5.11 Å². The highest BCUT2D eigenvalue weighted by Crippen LogP contribution is 2.11. The molecule has 4 heteroatoms. The molecule has 2 heterocycles. The zero-order valence-corrected chi connectivity index (χ0v) is 8.78. The molecule has 0 amide bonds. The Morgan fingerprint density at radius 3 is 2.80 bits per heavy atom. The van der Waals surface area contributed by atoms with Crippen molar-refractivity contribution in [2.45, 2.75) is 25.7 Å². The number of hydrogen-bond acceptors (Lipinski definition) is 4. The van der Waals surface area contributed by atoms with E-state index in [2.05, 4.69) is 9.89 Å². The first kappa shape index (κ1) is 10.4. The fraction of sp³-hybridized carbons (Fsp3) is 0.636. The highest BCUT2D eigenvalue weighted by molar-refractivity contribution is 6.10. The van der Waals surface area contributed by atoms with Crippen molar-refractivity contribution in [1.29, 1.82) is 0 Å². The minimum Gasteiger partial charge on any atom is -0.503 e. The lowest BCUT2D eigenvalue weighted by molar-refractivity contribution is -0.117. The summed E-state index contributed by atoms with van der Waals surface area (Å²) in [7, 11) is 0. The largest absolute Gasteiger partial charge is 0.503 e. The van der Waals surface area contributed by atoms with E-state index >= 15 is 0 Å². The summed E-state index contributed by atoms with van der Waals surface area (Å²) in [6.45, 7) is 3.32. The number of aliphatic hydroxyl groups is 1. The minimum atomic E-state index is -0.208. The highest BCUT2D eigenvalue weighted by Gasteiger charge is 2.17. The van der Waals surface area contributed by atoms with Gasteiger partial charge >= 0.3 is 0 Å². The van der Waals surface area contributed by atoms with Gasteiger partial charge in [-0.05, 0) is 32.4 Å². The molecule has 2 aliphatic heterocycles. The minimum absolute atomic E-state index is 0.207. The van der Waals surface area contributed by atoms with Gasteiger partial charge in [0.2, 0.25) is 5.78 Å². The Hall–Kier alpha value is -1.16. The fourth-order valence-corrected chi connectivity index (χ4v) is 1.99. The third-order valence-electron chi connectivity index (χ3n) is 2.94. The average Bonchev–Trinajstić information content (AvgIpc) is 2.73. The number of rotatable bonds is 3. The van der Waals surface area contributed by atoms with Gasteiger partial charge in [-0.1, -0.05) is 0 Å². The Kier molecular flexibility index (Phi) is 3.16. The zero-order valence-electron chi connectivity index (χ0n) is 8.78. The van der Waals surface area contributed by atoms with Crippen molar-refractivity contribution in [3.05, 3.63) is 12.0 Å². The molecule has 0 radical (unpaired) electrons. The molecule has 0 aromatic rings. The monoisotopic (exact) mass is 208 g/mol. The number of carbonyl (C=O) groups is 1. The molecular weight excluding hydrogens is 192 g/mol. The van der Waals surface area contributed by atoms with E-state index in [1.54, 1.807) is 0 Å². The molecule has 0 aromatic heterocycles. The van der Waals surface area contributed by atoms with Crippen molar-refractivity contribution < 1.29 is 9.90 Å². The van der Waals surface area contributed by atoms with Gasteiger partial charge in [0.25, 0.3) is 0 Å². The summed E-state index contributed by atoms with van der Waals surface area (Å²) in [5.74, 6) is -0.415. The molecule has 0 aliphatic carbocycles. The van der Waals surface area contributed by atoms with Gasteiger partial charge in [-0.2, -0.15) is 0 Å². The normalized spacial score (nSPS) is 22.8. The van der Waals surface area contributed by atoms with Crippen LogP contribution in [0.15, 0.2) is 17.0 Å². The van der Waals surface area contributed by atoms with Crippen LogP contribution in [-0.4, -0.2) is 41.1 Å². The van der Waals surface area contributed by atoms with Crippen LogP contribution in [0.3, 0.4) is 0 Å². The van der Waals surface area contributed by atoms with Crippen LogP contribution in [0.4, 0.5) is 0 Å². The number of hydrogen-bond donors (Lipinski definition) is 1. The number of allylic oxidation sites excluding steroid dienone is 1. The Morgan fingerprint density at radius 1 is 1.40 bits per heavy atom. The summed E-state index contributed by atoms with van der Waals surface area (Å²) >= 11 is 0. The third-order valence-corrected chi connectivity index (χ3v) is 2.94. The van der Waals surface area contributed by atoms with E-state index in [1.807, 2.05) is 0 Å². The quantitative estimate of drug-likeness (QED) is 0.760. The molecule has 2 rings (SSSR count). The van der Waals surface area contributed by atoms with Crippen molar-refractivity contribution in [1.82, 2.24) is 4.90 Å². The predicted molar refractivity (Wildman–Crippen MR) is 58.1 cm³/mol. The van der Waals surface area contributed by atoms with Gasteiger partial charge in [0, 0.05) is 12.3 Å². The molecule has 15 heavy (non-hydrogen) atoms. The van der Waals surface area contributed by atoms with Gasteiger partial charge in [0.1, 0.15) is 0 Å². The molecule has 0 unspecified atom stereocenters. The molecule has 1 saturated heterocycles. The third kappa shape index (κ3) is 2.65. The molecule has 82 valence electrons. The van der Waals surface area contributed by atoms with Crippen LogP contribution in [0.2, 0.25) is 0 Å². The van der Waals surface area contributed by atoms with E-state index in [1.165, 1.54) is 32.1 Å². The summed E-state index contributed by atoms with van der Waals surface area (Å²) in [4.78, 5) is 17.7. The van der Waals surface area contributed by atoms with Crippen LogP contribution in [-0.2, 0) is 4.79 Å². The number of aliphatic imine (C=N–C) groups is 1. The standard InChI is InChI=1S/C11H16N2O2/c14-10-7-9(12-8-11(10)15)3-6-13-4-1-2-5-13/h8,15H,1-7H2. The Bertz CT molecular complexity index is 315. The molecule has 0 atom stereocenters. The lowest BCUT2D eigenvalue weighted by atomic mass is 10.1. The molecule has 0 aromatic carbocycles. The summed E-state index contributed by atoms with van der Waals surface area (Å²) < 4.78 is 0. The second-order valence-corrected chi connectivity index (χ2v) is 4.11. The van der Waals surface area contributed by atoms with Gasteiger partial charge in [-0.3, -0.25) is 9.79 Å². The topological polar surface area (TPSA) is 52.9 Å². The molecule has 1 fully saturated rings. The fourth-order valence-electron chi connectivity index (χ4n) is 1.99. The first-order valence-electron chi connectivity index (χ1n) is 5.46. The molecule has 1 N–H and O–H groups in total. The molecule has 0 bridgehead atoms. The number of aliphatic hydroxyl groups excluding tert-OH is 1. The van der Waals surface area contributed by atoms with Crippen LogP contribution in [0.25, 0.3) is 0 Å². The van der Waals surface area contributed by atoms with Gasteiger partial charge < -0.3 is 10.0 Å². The maximum Gasteiger partial charge on any atom is 0.204 e. The van der Waals surface area contributed by atoms with Crippen LogP contribution in [0.5, 0.6) is 0 Å². The Labute approximate surface area is 89.3 Å². The van der Waals surface area contributed by atoms with E-state index in [9.17, 15) is 4.79 Å². The predicted octanol–water partition coefficient (Wildman–Crippen LogP) is 1.29. The van der Waals surface area contributed by atoms with Crippen molar-refractivity contribution in [2.75, 3.05) is 19.6 Å². The number of ketones is 1.